The first-order chi connectivity index (χ1) is 8.97. The number of benzene rings is 1. The van der Waals surface area contributed by atoms with Gasteiger partial charge < -0.3 is 10.2 Å². The van der Waals surface area contributed by atoms with E-state index in [-0.39, 0.29) is 18.1 Å². The molecule has 0 fully saturated rings. The van der Waals surface area contributed by atoms with E-state index in [1.807, 2.05) is 4.90 Å². The Morgan fingerprint density at radius 1 is 0.947 bits per heavy atom. The highest BCUT2D eigenvalue weighted by molar-refractivity contribution is 7.85. The van der Waals surface area contributed by atoms with Crippen LogP contribution in [-0.2, 0) is 16.5 Å². The summed E-state index contributed by atoms with van der Waals surface area (Å²) < 4.78 is 30.6. The summed E-state index contributed by atoms with van der Waals surface area (Å²) >= 11 is 0. The molecule has 0 aliphatic rings. The standard InChI is InChI=1S/C12H19NO5S/c14-9-7-13(8-10-15)6-5-11-1-3-12(4-2-11)19(16,17)18/h1-4,14-15H,5-10H2,(H,16,17,18). The monoisotopic (exact) mass is 289 g/mol. The SMILES string of the molecule is O=S(=O)(O)c1ccc(CCN(CCO)CCO)cc1. The van der Waals surface area contributed by atoms with Crippen LogP contribution in [-0.4, -0.2) is 60.9 Å². The summed E-state index contributed by atoms with van der Waals surface area (Å²) in [7, 11) is -4.14. The van der Waals surface area contributed by atoms with Crippen LogP contribution in [0.5, 0.6) is 0 Å². The van der Waals surface area contributed by atoms with Gasteiger partial charge in [0, 0.05) is 19.6 Å². The molecule has 1 rings (SSSR count). The lowest BCUT2D eigenvalue weighted by atomic mass is 10.1. The zero-order chi connectivity index (χ0) is 14.3. The largest absolute Gasteiger partial charge is 0.395 e. The molecule has 3 N–H and O–H groups in total. The minimum Gasteiger partial charge on any atom is -0.395 e. The van der Waals surface area contributed by atoms with Gasteiger partial charge in [0.1, 0.15) is 0 Å². The molecule has 1 aromatic carbocycles. The average molecular weight is 289 g/mol. The summed E-state index contributed by atoms with van der Waals surface area (Å²) in [6.07, 6.45) is 0.672. The highest BCUT2D eigenvalue weighted by atomic mass is 32.2. The second kappa shape index (κ2) is 7.56. The molecule has 0 spiro atoms. The second-order valence-electron chi connectivity index (χ2n) is 4.16. The Kier molecular flexibility index (Phi) is 6.40. The average Bonchev–Trinajstić information content (AvgIpc) is 2.36. The third-order valence-electron chi connectivity index (χ3n) is 2.77. The van der Waals surface area contributed by atoms with Crippen LogP contribution in [0.25, 0.3) is 0 Å². The Labute approximate surface area is 113 Å². The van der Waals surface area contributed by atoms with Gasteiger partial charge in [-0.25, -0.2) is 0 Å². The molecular formula is C12H19NO5S. The van der Waals surface area contributed by atoms with Crippen molar-refractivity contribution in [3.63, 3.8) is 0 Å². The first-order valence-corrected chi connectivity index (χ1v) is 7.42. The highest BCUT2D eigenvalue weighted by Gasteiger charge is 2.09. The van der Waals surface area contributed by atoms with Crippen LogP contribution in [0, 0.1) is 0 Å². The molecule has 0 aliphatic carbocycles. The van der Waals surface area contributed by atoms with Crippen LogP contribution < -0.4 is 0 Å². The smallest absolute Gasteiger partial charge is 0.294 e. The van der Waals surface area contributed by atoms with Crippen LogP contribution in [0.1, 0.15) is 5.56 Å². The predicted octanol–water partition coefficient (Wildman–Crippen LogP) is -0.238. The normalized spacial score (nSPS) is 12.0. The molecule has 0 aliphatic heterocycles. The van der Waals surface area contributed by atoms with Crippen molar-refractivity contribution in [3.05, 3.63) is 29.8 Å². The van der Waals surface area contributed by atoms with E-state index >= 15 is 0 Å². The molecule has 0 bridgehead atoms. The summed E-state index contributed by atoms with van der Waals surface area (Å²) in [6.45, 7) is 1.70. The fraction of sp³-hybridized carbons (Fsp3) is 0.500. The quantitative estimate of drug-likeness (QED) is 0.572. The van der Waals surface area contributed by atoms with Crippen LogP contribution in [0.4, 0.5) is 0 Å². The predicted molar refractivity (Wildman–Crippen MR) is 70.6 cm³/mol. The van der Waals surface area contributed by atoms with Gasteiger partial charge in [-0.3, -0.25) is 9.45 Å². The van der Waals surface area contributed by atoms with E-state index in [1.54, 1.807) is 12.1 Å². The van der Waals surface area contributed by atoms with Gasteiger partial charge in [0.15, 0.2) is 0 Å². The lowest BCUT2D eigenvalue weighted by Gasteiger charge is -2.19. The van der Waals surface area contributed by atoms with Crippen molar-refractivity contribution in [3.8, 4) is 0 Å². The molecule has 0 aromatic heterocycles. The van der Waals surface area contributed by atoms with Gasteiger partial charge in [0.25, 0.3) is 10.1 Å². The summed E-state index contributed by atoms with van der Waals surface area (Å²) in [4.78, 5) is 1.79. The fourth-order valence-corrected chi connectivity index (χ4v) is 2.21. The molecule has 19 heavy (non-hydrogen) atoms. The van der Waals surface area contributed by atoms with Gasteiger partial charge in [-0.1, -0.05) is 12.1 Å². The Morgan fingerprint density at radius 2 is 1.47 bits per heavy atom. The van der Waals surface area contributed by atoms with Crippen LogP contribution in [0.15, 0.2) is 29.2 Å². The summed E-state index contributed by atoms with van der Waals surface area (Å²) in [5, 5.41) is 17.7. The molecular weight excluding hydrogens is 270 g/mol. The zero-order valence-corrected chi connectivity index (χ0v) is 11.4. The van der Waals surface area contributed by atoms with Crippen molar-refractivity contribution >= 4 is 10.1 Å². The molecule has 7 heteroatoms. The summed E-state index contributed by atoms with van der Waals surface area (Å²) in [5.74, 6) is 0. The Balaban J connectivity index is 2.58. The van der Waals surface area contributed by atoms with Gasteiger partial charge in [-0.05, 0) is 24.1 Å². The van der Waals surface area contributed by atoms with E-state index in [0.717, 1.165) is 5.56 Å². The first kappa shape index (κ1) is 16.1. The Bertz CT molecular complexity index is 465. The van der Waals surface area contributed by atoms with E-state index < -0.39 is 10.1 Å². The topological polar surface area (TPSA) is 98.1 Å². The number of hydrogen-bond donors (Lipinski definition) is 3. The van der Waals surface area contributed by atoms with Crippen molar-refractivity contribution < 1.29 is 23.2 Å². The van der Waals surface area contributed by atoms with E-state index in [9.17, 15) is 8.42 Å². The van der Waals surface area contributed by atoms with E-state index in [2.05, 4.69) is 0 Å². The summed E-state index contributed by atoms with van der Waals surface area (Å²) in [6, 6.07) is 5.98. The Morgan fingerprint density at radius 3 is 1.89 bits per heavy atom. The van der Waals surface area contributed by atoms with Gasteiger partial charge in [-0.2, -0.15) is 8.42 Å². The maximum absolute atomic E-state index is 10.9. The van der Waals surface area contributed by atoms with E-state index in [1.165, 1.54) is 12.1 Å². The van der Waals surface area contributed by atoms with Crippen LogP contribution >= 0.6 is 0 Å². The fourth-order valence-electron chi connectivity index (χ4n) is 1.73. The van der Waals surface area contributed by atoms with Gasteiger partial charge in [-0.15, -0.1) is 0 Å². The number of nitrogens with zero attached hydrogens (tertiary/aromatic N) is 1. The van der Waals surface area contributed by atoms with Crippen LogP contribution in [0.3, 0.4) is 0 Å². The molecule has 0 saturated carbocycles. The zero-order valence-electron chi connectivity index (χ0n) is 10.6. The molecule has 0 heterocycles. The van der Waals surface area contributed by atoms with Crippen molar-refractivity contribution in [1.82, 2.24) is 4.90 Å². The maximum atomic E-state index is 10.9. The third kappa shape index (κ3) is 5.66. The first-order valence-electron chi connectivity index (χ1n) is 5.98. The maximum Gasteiger partial charge on any atom is 0.294 e. The molecule has 0 unspecified atom stereocenters. The summed E-state index contributed by atoms with van der Waals surface area (Å²) in [5.41, 5.74) is 0.924. The molecule has 1 aromatic rings. The lowest BCUT2D eigenvalue weighted by Crippen LogP contribution is -2.31. The second-order valence-corrected chi connectivity index (χ2v) is 5.58. The van der Waals surface area contributed by atoms with Crippen molar-refractivity contribution in [2.45, 2.75) is 11.3 Å². The van der Waals surface area contributed by atoms with Crippen molar-refractivity contribution in [2.24, 2.45) is 0 Å². The van der Waals surface area contributed by atoms with E-state index in [4.69, 9.17) is 14.8 Å². The number of aliphatic hydroxyl groups is 2. The minimum absolute atomic E-state index is 0.0295. The van der Waals surface area contributed by atoms with E-state index in [0.29, 0.717) is 26.1 Å². The molecule has 108 valence electrons. The molecule has 0 saturated heterocycles. The van der Waals surface area contributed by atoms with Gasteiger partial charge in [0.05, 0.1) is 18.1 Å². The molecule has 0 atom stereocenters. The van der Waals surface area contributed by atoms with Crippen molar-refractivity contribution in [2.75, 3.05) is 32.8 Å². The van der Waals surface area contributed by atoms with Gasteiger partial charge in [0.2, 0.25) is 0 Å². The Hall–Kier alpha value is -0.990. The molecule has 0 radical (unpaired) electrons. The molecule has 0 amide bonds. The number of hydrogen-bond acceptors (Lipinski definition) is 5. The number of aliphatic hydroxyl groups excluding tert-OH is 2. The lowest BCUT2D eigenvalue weighted by molar-refractivity contribution is 0.162. The third-order valence-corrected chi connectivity index (χ3v) is 3.64. The van der Waals surface area contributed by atoms with Gasteiger partial charge >= 0.3 is 0 Å². The highest BCUT2D eigenvalue weighted by Crippen LogP contribution is 2.10. The van der Waals surface area contributed by atoms with Crippen molar-refractivity contribution in [1.29, 1.82) is 0 Å². The molecule has 6 nitrogen and oxygen atoms in total. The minimum atomic E-state index is -4.14. The van der Waals surface area contributed by atoms with Crippen LogP contribution in [0.2, 0.25) is 0 Å². The number of rotatable bonds is 8.